The topological polar surface area (TPSA) is 156 Å². The molecule has 0 aliphatic heterocycles. The highest BCUT2D eigenvalue weighted by Gasteiger charge is 2.23. The van der Waals surface area contributed by atoms with E-state index in [4.69, 9.17) is 4.74 Å². The van der Waals surface area contributed by atoms with E-state index >= 15 is 0 Å². The van der Waals surface area contributed by atoms with E-state index in [1.54, 1.807) is 67.2 Å². The standard InChI is InChI=1S/C28H28N6O6S/c1-18-25(28(37)34(33(18)3)21-12-6-5-7-13-21)32-41(38,39)22-14-10-11-20(17-22)30-31-26(19(2)35)27(36)29-23-15-8-9-16-24(23)40-4/h5-17,32,35H,1-4H3,(H,29,36)/b26-19+,31-30?. The molecule has 0 saturated heterocycles. The first-order valence-electron chi connectivity index (χ1n) is 12.3. The summed E-state index contributed by atoms with van der Waals surface area (Å²) in [5.41, 5.74) is 0.408. The van der Waals surface area contributed by atoms with Crippen LogP contribution in [0.25, 0.3) is 5.69 Å². The SMILES string of the molecule is COc1ccccc1NC(=O)/C(N=Nc1cccc(S(=O)(=O)Nc2c(C)n(C)n(-c3ccccc3)c2=O)c1)=C(/C)O. The number of nitrogens with one attached hydrogen (secondary N) is 2. The highest BCUT2D eigenvalue weighted by molar-refractivity contribution is 7.92. The number of aromatic nitrogens is 2. The summed E-state index contributed by atoms with van der Waals surface area (Å²) in [5, 5.41) is 20.5. The fourth-order valence-corrected chi connectivity index (χ4v) is 5.07. The Kier molecular flexibility index (Phi) is 8.38. The largest absolute Gasteiger partial charge is 0.510 e. The zero-order chi connectivity index (χ0) is 29.7. The van der Waals surface area contributed by atoms with E-state index in [0.717, 1.165) is 0 Å². The van der Waals surface area contributed by atoms with Gasteiger partial charge in [-0.3, -0.25) is 19.0 Å². The number of aliphatic hydroxyl groups excluding tert-OH is 1. The Balaban J connectivity index is 1.59. The van der Waals surface area contributed by atoms with Crippen LogP contribution in [0.3, 0.4) is 0 Å². The fraction of sp³-hybridized carbons (Fsp3) is 0.143. The molecule has 0 fully saturated rings. The van der Waals surface area contributed by atoms with E-state index < -0.39 is 27.2 Å². The van der Waals surface area contributed by atoms with Gasteiger partial charge in [0.05, 0.1) is 34.8 Å². The summed E-state index contributed by atoms with van der Waals surface area (Å²) in [7, 11) is -1.11. The third kappa shape index (κ3) is 6.20. The Labute approximate surface area is 236 Å². The molecule has 1 aromatic heterocycles. The number of methoxy groups -OCH3 is 1. The summed E-state index contributed by atoms with van der Waals surface area (Å²) in [6.07, 6.45) is 0. The molecular formula is C28H28N6O6S. The van der Waals surface area contributed by atoms with Crippen molar-refractivity contribution in [2.24, 2.45) is 17.3 Å². The van der Waals surface area contributed by atoms with Gasteiger partial charge in [0.1, 0.15) is 17.2 Å². The molecule has 1 heterocycles. The zero-order valence-corrected chi connectivity index (χ0v) is 23.5. The van der Waals surface area contributed by atoms with Crippen LogP contribution in [0, 0.1) is 6.92 Å². The van der Waals surface area contributed by atoms with Crippen molar-refractivity contribution in [3.63, 3.8) is 0 Å². The molecule has 0 spiro atoms. The summed E-state index contributed by atoms with van der Waals surface area (Å²) in [6, 6.07) is 21.0. The molecule has 3 aromatic carbocycles. The number of ether oxygens (including phenoxy) is 1. The van der Waals surface area contributed by atoms with Crippen molar-refractivity contribution >= 4 is 33.0 Å². The van der Waals surface area contributed by atoms with Gasteiger partial charge in [-0.15, -0.1) is 5.11 Å². The molecule has 0 unspecified atom stereocenters. The molecule has 0 radical (unpaired) electrons. The summed E-state index contributed by atoms with van der Waals surface area (Å²) >= 11 is 0. The summed E-state index contributed by atoms with van der Waals surface area (Å²) < 4.78 is 37.1. The van der Waals surface area contributed by atoms with Crippen LogP contribution in [0.2, 0.25) is 0 Å². The second-order valence-corrected chi connectivity index (χ2v) is 10.5. The van der Waals surface area contributed by atoms with Crippen LogP contribution in [0.1, 0.15) is 12.6 Å². The van der Waals surface area contributed by atoms with Crippen molar-refractivity contribution in [3.05, 3.63) is 106 Å². The van der Waals surface area contributed by atoms with Crippen LogP contribution in [-0.4, -0.2) is 35.9 Å². The number of allylic oxidation sites excluding steroid dienone is 1. The third-order valence-corrected chi connectivity index (χ3v) is 7.44. The third-order valence-electron chi connectivity index (χ3n) is 6.10. The second-order valence-electron chi connectivity index (χ2n) is 8.83. The lowest BCUT2D eigenvalue weighted by molar-refractivity contribution is -0.113. The van der Waals surface area contributed by atoms with Gasteiger partial charge in [-0.25, -0.2) is 13.1 Å². The highest BCUT2D eigenvalue weighted by atomic mass is 32.2. The average molecular weight is 577 g/mol. The maximum absolute atomic E-state index is 13.3. The molecule has 0 atom stereocenters. The van der Waals surface area contributed by atoms with Gasteiger partial charge in [0.25, 0.3) is 21.5 Å². The molecule has 12 nitrogen and oxygen atoms in total. The molecule has 3 N–H and O–H groups in total. The summed E-state index contributed by atoms with van der Waals surface area (Å²) in [4.78, 5) is 25.8. The van der Waals surface area contributed by atoms with Crippen molar-refractivity contribution in [1.82, 2.24) is 9.36 Å². The summed E-state index contributed by atoms with van der Waals surface area (Å²) in [5.74, 6) is -0.749. The van der Waals surface area contributed by atoms with Crippen molar-refractivity contribution in [3.8, 4) is 11.4 Å². The molecule has 1 amide bonds. The van der Waals surface area contributed by atoms with E-state index in [0.29, 0.717) is 22.8 Å². The van der Waals surface area contributed by atoms with Crippen LogP contribution < -0.4 is 20.3 Å². The maximum atomic E-state index is 13.3. The van der Waals surface area contributed by atoms with Crippen molar-refractivity contribution in [2.45, 2.75) is 18.7 Å². The lowest BCUT2D eigenvalue weighted by Crippen LogP contribution is -2.23. The van der Waals surface area contributed by atoms with Gasteiger partial charge in [-0.05, 0) is 56.3 Å². The minimum Gasteiger partial charge on any atom is -0.510 e. The van der Waals surface area contributed by atoms with Gasteiger partial charge < -0.3 is 15.2 Å². The van der Waals surface area contributed by atoms with E-state index in [-0.39, 0.29) is 22.0 Å². The molecule has 0 aliphatic rings. The van der Waals surface area contributed by atoms with Crippen LogP contribution in [-0.2, 0) is 21.9 Å². The number of carbonyl (C=O) groups is 1. The number of rotatable bonds is 9. The lowest BCUT2D eigenvalue weighted by Gasteiger charge is -2.10. The normalized spacial score (nSPS) is 12.2. The summed E-state index contributed by atoms with van der Waals surface area (Å²) in [6.45, 7) is 2.90. The average Bonchev–Trinajstić information content (AvgIpc) is 3.16. The van der Waals surface area contributed by atoms with Crippen molar-refractivity contribution in [2.75, 3.05) is 17.1 Å². The number of nitrogens with zero attached hydrogens (tertiary/aromatic N) is 4. The Hall–Kier alpha value is -5.17. The molecule has 4 rings (SSSR count). The number of hydrogen-bond donors (Lipinski definition) is 3. The van der Waals surface area contributed by atoms with E-state index in [1.165, 1.54) is 43.0 Å². The molecule has 0 bridgehead atoms. The Morgan fingerprint density at radius 3 is 2.37 bits per heavy atom. The van der Waals surface area contributed by atoms with Crippen molar-refractivity contribution < 1.29 is 23.1 Å². The van der Waals surface area contributed by atoms with Crippen LogP contribution in [0.4, 0.5) is 17.1 Å². The minimum absolute atomic E-state index is 0.0863. The highest BCUT2D eigenvalue weighted by Crippen LogP contribution is 2.26. The maximum Gasteiger partial charge on any atom is 0.296 e. The number of hydrogen-bond acceptors (Lipinski definition) is 8. The first-order chi connectivity index (χ1) is 19.5. The first-order valence-corrected chi connectivity index (χ1v) is 13.7. The number of para-hydroxylation sites is 3. The molecule has 13 heteroatoms. The number of azo groups is 1. The van der Waals surface area contributed by atoms with Crippen molar-refractivity contribution in [1.29, 1.82) is 0 Å². The Morgan fingerprint density at radius 2 is 1.68 bits per heavy atom. The molecule has 41 heavy (non-hydrogen) atoms. The number of sulfonamides is 1. The predicted octanol–water partition coefficient (Wildman–Crippen LogP) is 4.81. The van der Waals surface area contributed by atoms with E-state index in [2.05, 4.69) is 20.3 Å². The zero-order valence-electron chi connectivity index (χ0n) is 22.7. The first kappa shape index (κ1) is 28.8. The Bertz CT molecular complexity index is 1820. The quantitative estimate of drug-likeness (QED) is 0.148. The predicted molar refractivity (Wildman–Crippen MR) is 154 cm³/mol. The van der Waals surface area contributed by atoms with Crippen LogP contribution in [0.15, 0.2) is 110 Å². The van der Waals surface area contributed by atoms with Crippen LogP contribution in [0.5, 0.6) is 5.75 Å². The van der Waals surface area contributed by atoms with E-state index in [9.17, 15) is 23.1 Å². The number of aliphatic hydroxyl groups is 1. The van der Waals surface area contributed by atoms with E-state index in [1.807, 2.05) is 6.07 Å². The lowest BCUT2D eigenvalue weighted by atomic mass is 10.2. The molecule has 0 saturated carbocycles. The van der Waals surface area contributed by atoms with Gasteiger partial charge in [0.15, 0.2) is 5.70 Å². The molecular weight excluding hydrogens is 548 g/mol. The molecule has 0 aliphatic carbocycles. The van der Waals surface area contributed by atoms with Gasteiger partial charge in [-0.2, -0.15) is 5.11 Å². The smallest absolute Gasteiger partial charge is 0.296 e. The number of anilines is 2. The Morgan fingerprint density at radius 1 is 1.00 bits per heavy atom. The molecule has 212 valence electrons. The number of amides is 1. The monoisotopic (exact) mass is 576 g/mol. The minimum atomic E-state index is -4.22. The second kappa shape index (κ2) is 11.9. The van der Waals surface area contributed by atoms with Gasteiger partial charge in [-0.1, -0.05) is 36.4 Å². The van der Waals surface area contributed by atoms with Gasteiger partial charge >= 0.3 is 0 Å². The fourth-order valence-electron chi connectivity index (χ4n) is 3.91. The molecule has 4 aromatic rings. The van der Waals surface area contributed by atoms with Crippen LogP contribution >= 0.6 is 0 Å². The number of benzene rings is 3. The van der Waals surface area contributed by atoms with Gasteiger partial charge in [0.2, 0.25) is 0 Å². The number of carbonyl (C=O) groups excluding carboxylic acids is 1. The van der Waals surface area contributed by atoms with Gasteiger partial charge in [0, 0.05) is 7.05 Å².